The number of hydrogen-bond acceptors (Lipinski definition) is 7. The number of sulfonamides is 1. The quantitative estimate of drug-likeness (QED) is 0.694. The topological polar surface area (TPSA) is 121 Å². The van der Waals surface area contributed by atoms with Crippen molar-refractivity contribution in [2.75, 3.05) is 13.1 Å². The number of ether oxygens (including phenoxy) is 2. The van der Waals surface area contributed by atoms with Crippen molar-refractivity contribution in [3.63, 3.8) is 0 Å². The molecule has 0 bridgehead atoms. The molecule has 2 fully saturated rings. The van der Waals surface area contributed by atoms with E-state index in [4.69, 9.17) is 15.2 Å². The summed E-state index contributed by atoms with van der Waals surface area (Å²) in [5, 5.41) is 0.560. The van der Waals surface area contributed by atoms with Crippen molar-refractivity contribution in [3.8, 4) is 0 Å². The van der Waals surface area contributed by atoms with E-state index in [-0.39, 0.29) is 35.7 Å². The third-order valence-electron chi connectivity index (χ3n) is 5.92. The molecule has 1 saturated carbocycles. The Kier molecular flexibility index (Phi) is 6.31. The van der Waals surface area contributed by atoms with Gasteiger partial charge in [-0.25, -0.2) is 13.2 Å². The number of nitrogens with zero attached hydrogens (tertiary/aromatic N) is 2. The first-order valence-electron chi connectivity index (χ1n) is 10.6. The fraction of sp³-hybridized carbons (Fsp3) is 0.524. The van der Waals surface area contributed by atoms with E-state index in [2.05, 4.69) is 0 Å². The van der Waals surface area contributed by atoms with E-state index in [1.165, 1.54) is 27.2 Å². The van der Waals surface area contributed by atoms with Crippen LogP contribution in [0.5, 0.6) is 0 Å². The second-order valence-corrected chi connectivity index (χ2v) is 10.0. The molecule has 10 heteroatoms. The van der Waals surface area contributed by atoms with Crippen LogP contribution in [0.2, 0.25) is 0 Å². The minimum atomic E-state index is -3.77. The van der Waals surface area contributed by atoms with E-state index in [0.29, 0.717) is 18.4 Å². The molecule has 0 spiro atoms. The lowest BCUT2D eigenvalue weighted by molar-refractivity contribution is -0.00412. The molecule has 4 rings (SSSR count). The van der Waals surface area contributed by atoms with Gasteiger partial charge in [-0.3, -0.25) is 9.36 Å². The SMILES string of the molecule is NC1CCN(S(=O)(=O)c2cccc3c(=O)n(COC(=O)OC4CCCCC4)ccc23)C1. The first-order valence-corrected chi connectivity index (χ1v) is 12.0. The first-order chi connectivity index (χ1) is 14.9. The molecule has 1 aromatic carbocycles. The summed E-state index contributed by atoms with van der Waals surface area (Å²) < 4.78 is 39.1. The van der Waals surface area contributed by atoms with Gasteiger partial charge < -0.3 is 15.2 Å². The highest BCUT2D eigenvalue weighted by Crippen LogP contribution is 2.26. The third-order valence-corrected chi connectivity index (χ3v) is 7.84. The van der Waals surface area contributed by atoms with Gasteiger partial charge in [0.15, 0.2) is 6.73 Å². The Morgan fingerprint density at radius 2 is 1.87 bits per heavy atom. The Labute approximate surface area is 180 Å². The molecule has 1 atom stereocenters. The van der Waals surface area contributed by atoms with Crippen LogP contribution >= 0.6 is 0 Å². The molecule has 1 aliphatic carbocycles. The van der Waals surface area contributed by atoms with Gasteiger partial charge in [0.05, 0.1) is 4.90 Å². The van der Waals surface area contributed by atoms with Crippen molar-refractivity contribution in [1.82, 2.24) is 8.87 Å². The van der Waals surface area contributed by atoms with Crippen molar-refractivity contribution < 1.29 is 22.7 Å². The van der Waals surface area contributed by atoms with Crippen LogP contribution in [-0.2, 0) is 26.2 Å². The van der Waals surface area contributed by atoms with Crippen LogP contribution in [0.25, 0.3) is 10.8 Å². The van der Waals surface area contributed by atoms with Crippen LogP contribution in [0.15, 0.2) is 40.2 Å². The summed E-state index contributed by atoms with van der Waals surface area (Å²) in [5.41, 5.74) is 5.42. The maximum atomic E-state index is 13.1. The average molecular weight is 450 g/mol. The standard InChI is InChI=1S/C21H27N3O6S/c22-15-9-12-24(13-15)31(27,28)19-8-4-7-18-17(19)10-11-23(20(18)25)14-29-21(26)30-16-5-2-1-3-6-16/h4,7-8,10-11,15-16H,1-3,5-6,9,12-14,22H2. The van der Waals surface area contributed by atoms with Gasteiger partial charge in [-0.1, -0.05) is 12.5 Å². The van der Waals surface area contributed by atoms with Crippen molar-refractivity contribution in [2.24, 2.45) is 5.73 Å². The highest BCUT2D eigenvalue weighted by Gasteiger charge is 2.32. The van der Waals surface area contributed by atoms with Gasteiger partial charge in [-0.15, -0.1) is 0 Å². The summed E-state index contributed by atoms with van der Waals surface area (Å²) in [6.07, 6.45) is 5.92. The second-order valence-electron chi connectivity index (χ2n) is 8.12. The molecular weight excluding hydrogens is 422 g/mol. The number of rotatable bonds is 5. The molecular formula is C21H27N3O6S. The summed E-state index contributed by atoms with van der Waals surface area (Å²) >= 11 is 0. The van der Waals surface area contributed by atoms with Crippen LogP contribution in [-0.4, -0.2) is 48.7 Å². The number of aromatic nitrogens is 1. The summed E-state index contributed by atoms with van der Waals surface area (Å²) in [6, 6.07) is 5.95. The molecule has 0 radical (unpaired) electrons. The van der Waals surface area contributed by atoms with Crippen molar-refractivity contribution in [1.29, 1.82) is 0 Å². The molecule has 9 nitrogen and oxygen atoms in total. The van der Waals surface area contributed by atoms with Crippen molar-refractivity contribution in [3.05, 3.63) is 40.8 Å². The van der Waals surface area contributed by atoms with Gasteiger partial charge in [0.25, 0.3) is 5.56 Å². The molecule has 2 N–H and O–H groups in total. The molecule has 2 aromatic rings. The number of hydrogen-bond donors (Lipinski definition) is 1. The molecule has 1 unspecified atom stereocenters. The van der Waals surface area contributed by atoms with Crippen molar-refractivity contribution >= 4 is 27.0 Å². The molecule has 1 aromatic heterocycles. The van der Waals surface area contributed by atoms with E-state index < -0.39 is 21.7 Å². The van der Waals surface area contributed by atoms with Crippen LogP contribution in [0.3, 0.4) is 0 Å². The first kappa shape index (κ1) is 21.8. The molecule has 31 heavy (non-hydrogen) atoms. The van der Waals surface area contributed by atoms with E-state index in [0.717, 1.165) is 32.1 Å². The van der Waals surface area contributed by atoms with E-state index in [9.17, 15) is 18.0 Å². The minimum Gasteiger partial charge on any atom is -0.431 e. The summed E-state index contributed by atoms with van der Waals surface area (Å²) in [7, 11) is -3.77. The summed E-state index contributed by atoms with van der Waals surface area (Å²) in [4.78, 5) is 24.9. The maximum Gasteiger partial charge on any atom is 0.510 e. The zero-order valence-electron chi connectivity index (χ0n) is 17.2. The van der Waals surface area contributed by atoms with E-state index in [1.807, 2.05) is 0 Å². The Hall–Kier alpha value is -2.43. The highest BCUT2D eigenvalue weighted by molar-refractivity contribution is 7.89. The highest BCUT2D eigenvalue weighted by atomic mass is 32.2. The predicted molar refractivity (Wildman–Crippen MR) is 114 cm³/mol. The Morgan fingerprint density at radius 1 is 1.10 bits per heavy atom. The molecule has 2 heterocycles. The van der Waals surface area contributed by atoms with Gasteiger partial charge in [0, 0.05) is 36.1 Å². The summed E-state index contributed by atoms with van der Waals surface area (Å²) in [6.45, 7) is 0.304. The van der Waals surface area contributed by atoms with Crippen LogP contribution in [0, 0.1) is 0 Å². The van der Waals surface area contributed by atoms with Gasteiger partial charge in [0.2, 0.25) is 10.0 Å². The smallest absolute Gasteiger partial charge is 0.431 e. The zero-order chi connectivity index (χ0) is 22.0. The third kappa shape index (κ3) is 4.60. The zero-order valence-corrected chi connectivity index (χ0v) is 18.1. The van der Waals surface area contributed by atoms with Gasteiger partial charge in [-0.05, 0) is 50.3 Å². The van der Waals surface area contributed by atoms with Gasteiger partial charge >= 0.3 is 6.16 Å². The molecule has 1 aliphatic heterocycles. The molecule has 2 aliphatic rings. The largest absolute Gasteiger partial charge is 0.510 e. The van der Waals surface area contributed by atoms with Crippen LogP contribution in [0.1, 0.15) is 38.5 Å². The fourth-order valence-electron chi connectivity index (χ4n) is 4.20. The number of carbonyl (C=O) groups is 1. The Morgan fingerprint density at radius 3 is 2.58 bits per heavy atom. The second kappa shape index (κ2) is 8.97. The number of pyridine rings is 1. The molecule has 0 amide bonds. The number of nitrogens with two attached hydrogens (primary N) is 1. The van der Waals surface area contributed by atoms with Crippen LogP contribution < -0.4 is 11.3 Å². The average Bonchev–Trinajstić information content (AvgIpc) is 3.21. The molecule has 1 saturated heterocycles. The lowest BCUT2D eigenvalue weighted by Crippen LogP contribution is -2.32. The van der Waals surface area contributed by atoms with Crippen LogP contribution in [0.4, 0.5) is 4.79 Å². The molecule has 168 valence electrons. The summed E-state index contributed by atoms with van der Waals surface area (Å²) in [5.74, 6) is 0. The Bertz CT molecular complexity index is 1120. The maximum absolute atomic E-state index is 13.1. The fourth-order valence-corrected chi connectivity index (χ4v) is 5.92. The van der Waals surface area contributed by atoms with Gasteiger partial charge in [-0.2, -0.15) is 4.31 Å². The lowest BCUT2D eigenvalue weighted by atomic mass is 9.98. The minimum absolute atomic E-state index is 0.0703. The van der Waals surface area contributed by atoms with Gasteiger partial charge in [0.1, 0.15) is 6.10 Å². The normalized spacial score (nSPS) is 20.7. The lowest BCUT2D eigenvalue weighted by Gasteiger charge is -2.21. The predicted octanol–water partition coefficient (Wildman–Crippen LogP) is 2.17. The Balaban J connectivity index is 1.53. The number of benzene rings is 1. The van der Waals surface area contributed by atoms with E-state index >= 15 is 0 Å². The van der Waals surface area contributed by atoms with Crippen molar-refractivity contribution in [2.45, 2.75) is 62.3 Å². The monoisotopic (exact) mass is 449 g/mol. The number of fused-ring (bicyclic) bond motifs is 1. The van der Waals surface area contributed by atoms with E-state index in [1.54, 1.807) is 12.1 Å². The number of carbonyl (C=O) groups excluding carboxylic acids is 1.